The minimum Gasteiger partial charge on any atom is -0.399 e. The van der Waals surface area contributed by atoms with Gasteiger partial charge in [0.25, 0.3) is 5.56 Å². The van der Waals surface area contributed by atoms with Crippen LogP contribution in [-0.2, 0) is 6.54 Å². The van der Waals surface area contributed by atoms with Crippen molar-refractivity contribution in [2.24, 2.45) is 5.92 Å². The molecule has 1 heterocycles. The highest BCUT2D eigenvalue weighted by Crippen LogP contribution is 2.22. The van der Waals surface area contributed by atoms with Gasteiger partial charge < -0.3 is 11.1 Å². The van der Waals surface area contributed by atoms with E-state index in [4.69, 9.17) is 5.73 Å². The number of aromatic nitrogens is 2. The number of nitrogens with zero attached hydrogens (tertiary/aromatic N) is 2. The van der Waals surface area contributed by atoms with E-state index in [1.165, 1.54) is 4.68 Å². The normalized spacial score (nSPS) is 10.8. The molecule has 3 N–H and O–H groups in total. The summed E-state index contributed by atoms with van der Waals surface area (Å²) in [5, 5.41) is 7.31. The molecule has 0 radical (unpaired) electrons. The van der Waals surface area contributed by atoms with Crippen molar-refractivity contribution in [3.05, 3.63) is 45.3 Å². The lowest BCUT2D eigenvalue weighted by Crippen LogP contribution is -2.26. The van der Waals surface area contributed by atoms with Gasteiger partial charge in [-0.1, -0.05) is 19.9 Å². The quantitative estimate of drug-likeness (QED) is 0.842. The Kier molecular flexibility index (Phi) is 4.44. The van der Waals surface area contributed by atoms with Crippen LogP contribution >= 0.6 is 15.9 Å². The third kappa shape index (κ3) is 3.39. The van der Waals surface area contributed by atoms with Crippen molar-refractivity contribution in [2.45, 2.75) is 20.4 Å². The molecule has 6 heteroatoms. The average molecular weight is 337 g/mol. The highest BCUT2D eigenvalue weighted by molar-refractivity contribution is 9.10. The van der Waals surface area contributed by atoms with Crippen LogP contribution in [0.25, 0.3) is 0 Å². The molecule has 20 heavy (non-hydrogen) atoms. The van der Waals surface area contributed by atoms with Crippen LogP contribution in [0.2, 0.25) is 0 Å². The Morgan fingerprint density at radius 2 is 2.20 bits per heavy atom. The van der Waals surface area contributed by atoms with E-state index in [-0.39, 0.29) is 5.56 Å². The fraction of sp³-hybridized carbons (Fsp3) is 0.286. The van der Waals surface area contributed by atoms with Gasteiger partial charge in [0.2, 0.25) is 0 Å². The lowest BCUT2D eigenvalue weighted by atomic mass is 10.2. The summed E-state index contributed by atoms with van der Waals surface area (Å²) in [7, 11) is 0. The lowest BCUT2D eigenvalue weighted by Gasteiger charge is -2.12. The van der Waals surface area contributed by atoms with Crippen LogP contribution in [0.15, 0.2) is 39.7 Å². The number of anilines is 3. The number of halogens is 1. The van der Waals surface area contributed by atoms with Gasteiger partial charge in [-0.3, -0.25) is 4.79 Å². The van der Waals surface area contributed by atoms with Crippen molar-refractivity contribution in [3.8, 4) is 0 Å². The number of nitrogen functional groups attached to an aromatic ring is 1. The Labute approximate surface area is 125 Å². The molecular weight excluding hydrogens is 320 g/mol. The van der Waals surface area contributed by atoms with Crippen molar-refractivity contribution < 1.29 is 0 Å². The summed E-state index contributed by atoms with van der Waals surface area (Å²) >= 11 is 3.33. The van der Waals surface area contributed by atoms with Gasteiger partial charge in [-0.05, 0) is 40.0 Å². The molecule has 0 aliphatic rings. The summed E-state index contributed by atoms with van der Waals surface area (Å²) in [6, 6.07) is 7.33. The average Bonchev–Trinajstić information content (AvgIpc) is 2.38. The third-order valence-corrected chi connectivity index (χ3v) is 3.45. The van der Waals surface area contributed by atoms with E-state index in [0.29, 0.717) is 28.3 Å². The summed E-state index contributed by atoms with van der Waals surface area (Å²) in [6.45, 7) is 4.68. The van der Waals surface area contributed by atoms with Gasteiger partial charge in [0.15, 0.2) is 0 Å². The zero-order chi connectivity index (χ0) is 14.7. The zero-order valence-electron chi connectivity index (χ0n) is 11.4. The number of hydrogen-bond acceptors (Lipinski definition) is 4. The Bertz CT molecular complexity index is 666. The minimum atomic E-state index is -0.146. The van der Waals surface area contributed by atoms with E-state index in [0.717, 1.165) is 5.69 Å². The number of nitrogens with two attached hydrogens (primary N) is 1. The minimum absolute atomic E-state index is 0.146. The maximum Gasteiger partial charge on any atom is 0.283 e. The molecule has 0 saturated heterocycles. The number of hydrogen-bond donors (Lipinski definition) is 2. The number of rotatable bonds is 4. The van der Waals surface area contributed by atoms with Gasteiger partial charge >= 0.3 is 0 Å². The molecule has 0 unspecified atom stereocenters. The molecule has 0 amide bonds. The SMILES string of the molecule is CC(C)Cn1ncc(Nc2cccc(N)c2)c(Br)c1=O. The molecule has 1 aromatic heterocycles. The maximum atomic E-state index is 12.2. The summed E-state index contributed by atoms with van der Waals surface area (Å²) in [5.74, 6) is 0.361. The fourth-order valence-electron chi connectivity index (χ4n) is 1.80. The van der Waals surface area contributed by atoms with E-state index >= 15 is 0 Å². The monoisotopic (exact) mass is 336 g/mol. The molecule has 0 saturated carbocycles. The zero-order valence-corrected chi connectivity index (χ0v) is 13.0. The van der Waals surface area contributed by atoms with Gasteiger partial charge in [-0.15, -0.1) is 0 Å². The van der Waals surface area contributed by atoms with Gasteiger partial charge in [-0.25, -0.2) is 4.68 Å². The molecule has 0 fully saturated rings. The molecule has 106 valence electrons. The molecular formula is C14H17BrN4O. The van der Waals surface area contributed by atoms with Crippen LogP contribution in [0.3, 0.4) is 0 Å². The smallest absolute Gasteiger partial charge is 0.283 e. The number of benzene rings is 1. The van der Waals surface area contributed by atoms with Crippen molar-refractivity contribution in [1.29, 1.82) is 0 Å². The second-order valence-electron chi connectivity index (χ2n) is 5.00. The number of nitrogens with one attached hydrogen (secondary N) is 1. The second kappa shape index (κ2) is 6.09. The molecule has 2 aromatic rings. The van der Waals surface area contributed by atoms with E-state index in [1.807, 2.05) is 26.0 Å². The first-order valence-electron chi connectivity index (χ1n) is 6.35. The van der Waals surface area contributed by atoms with Gasteiger partial charge in [0.1, 0.15) is 4.47 Å². The van der Waals surface area contributed by atoms with E-state index in [9.17, 15) is 4.79 Å². The van der Waals surface area contributed by atoms with Crippen LogP contribution < -0.4 is 16.6 Å². The van der Waals surface area contributed by atoms with E-state index in [2.05, 4.69) is 26.3 Å². The first kappa shape index (κ1) is 14.6. The highest BCUT2D eigenvalue weighted by atomic mass is 79.9. The molecule has 0 atom stereocenters. The van der Waals surface area contributed by atoms with Crippen LogP contribution in [0.4, 0.5) is 17.1 Å². The third-order valence-electron chi connectivity index (χ3n) is 2.69. The molecule has 2 rings (SSSR count). The van der Waals surface area contributed by atoms with Gasteiger partial charge in [-0.2, -0.15) is 5.10 Å². The lowest BCUT2D eigenvalue weighted by molar-refractivity contribution is 0.463. The Balaban J connectivity index is 2.30. The summed E-state index contributed by atoms with van der Waals surface area (Å²) < 4.78 is 1.93. The van der Waals surface area contributed by atoms with Crippen LogP contribution in [0, 0.1) is 5.92 Å². The maximum absolute atomic E-state index is 12.2. The molecule has 5 nitrogen and oxygen atoms in total. The highest BCUT2D eigenvalue weighted by Gasteiger charge is 2.10. The predicted molar refractivity (Wildman–Crippen MR) is 85.2 cm³/mol. The molecule has 1 aromatic carbocycles. The fourth-order valence-corrected chi connectivity index (χ4v) is 2.21. The molecule has 0 aliphatic heterocycles. The van der Waals surface area contributed by atoms with Gasteiger partial charge in [0, 0.05) is 17.9 Å². The topological polar surface area (TPSA) is 72.9 Å². The molecule has 0 spiro atoms. The van der Waals surface area contributed by atoms with Crippen molar-refractivity contribution >= 4 is 33.0 Å². The summed E-state index contributed by atoms with van der Waals surface area (Å²) in [5.41, 5.74) is 7.68. The van der Waals surface area contributed by atoms with E-state index < -0.39 is 0 Å². The van der Waals surface area contributed by atoms with Crippen molar-refractivity contribution in [1.82, 2.24) is 9.78 Å². The Morgan fingerprint density at radius 3 is 2.85 bits per heavy atom. The van der Waals surface area contributed by atoms with Crippen molar-refractivity contribution in [3.63, 3.8) is 0 Å². The largest absolute Gasteiger partial charge is 0.399 e. The first-order valence-corrected chi connectivity index (χ1v) is 7.15. The van der Waals surface area contributed by atoms with Gasteiger partial charge in [0.05, 0.1) is 11.9 Å². The molecule has 0 aliphatic carbocycles. The second-order valence-corrected chi connectivity index (χ2v) is 5.80. The molecule has 0 bridgehead atoms. The van der Waals surface area contributed by atoms with E-state index in [1.54, 1.807) is 18.3 Å². The summed E-state index contributed by atoms with van der Waals surface area (Å²) in [4.78, 5) is 12.2. The van der Waals surface area contributed by atoms with Crippen molar-refractivity contribution in [2.75, 3.05) is 11.1 Å². The first-order chi connectivity index (χ1) is 9.47. The van der Waals surface area contributed by atoms with Crippen LogP contribution in [0.1, 0.15) is 13.8 Å². The summed E-state index contributed by atoms with van der Waals surface area (Å²) in [6.07, 6.45) is 1.64. The standard InChI is InChI=1S/C14H17BrN4O/c1-9(2)8-19-14(20)13(15)12(7-17-19)18-11-5-3-4-10(16)6-11/h3-7,9,18H,8,16H2,1-2H3. The van der Waals surface area contributed by atoms with Crippen LogP contribution in [0.5, 0.6) is 0 Å². The Hall–Kier alpha value is -1.82. The van der Waals surface area contributed by atoms with Crippen LogP contribution in [-0.4, -0.2) is 9.78 Å². The predicted octanol–water partition coefficient (Wildman–Crippen LogP) is 2.99. The Morgan fingerprint density at radius 1 is 1.45 bits per heavy atom.